The number of nitrogens with zero attached hydrogens (tertiary/aromatic N) is 2. The molecule has 4 rings (SSSR count). The summed E-state index contributed by atoms with van der Waals surface area (Å²) in [6.45, 7) is 3.01. The van der Waals surface area contributed by atoms with Crippen molar-refractivity contribution in [1.82, 2.24) is 4.90 Å². The number of aryl methyl sites for hydroxylation is 1. The molecule has 1 unspecified atom stereocenters. The molecular weight excluding hydrogens is 503 g/mol. The number of hydrogen-bond acceptors (Lipinski definition) is 2. The van der Waals surface area contributed by atoms with Gasteiger partial charge in [-0.3, -0.25) is 4.79 Å². The molecule has 1 atom stereocenters. The van der Waals surface area contributed by atoms with Gasteiger partial charge in [-0.25, -0.2) is 4.39 Å². The Morgan fingerprint density at radius 2 is 1.66 bits per heavy atom. The van der Waals surface area contributed by atoms with Crippen molar-refractivity contribution in [2.75, 3.05) is 24.5 Å². The van der Waals surface area contributed by atoms with E-state index in [0.29, 0.717) is 29.2 Å². The Hall–Kier alpha value is -2.77. The van der Waals surface area contributed by atoms with Gasteiger partial charge in [0.05, 0.1) is 18.0 Å². The molecule has 3 nitrogen and oxygen atoms in total. The van der Waals surface area contributed by atoms with Crippen LogP contribution in [0.15, 0.2) is 60.7 Å². The summed E-state index contributed by atoms with van der Waals surface area (Å²) >= 11 is 12.2. The van der Waals surface area contributed by atoms with Gasteiger partial charge in [-0.1, -0.05) is 41.4 Å². The largest absolute Gasteiger partial charge is 0.416 e. The highest BCUT2D eigenvalue weighted by molar-refractivity contribution is 6.31. The number of anilines is 1. The second kappa shape index (κ2) is 10.1. The zero-order chi connectivity index (χ0) is 25.3. The zero-order valence-electron chi connectivity index (χ0n) is 18.7. The van der Waals surface area contributed by atoms with Crippen molar-refractivity contribution in [3.63, 3.8) is 0 Å². The summed E-state index contributed by atoms with van der Waals surface area (Å²) in [5.41, 5.74) is 1.47. The Morgan fingerprint density at radius 1 is 0.971 bits per heavy atom. The van der Waals surface area contributed by atoms with E-state index in [1.807, 2.05) is 31.2 Å². The Kier molecular flexibility index (Phi) is 7.29. The Labute approximate surface area is 210 Å². The fourth-order valence-electron chi connectivity index (χ4n) is 4.45. The van der Waals surface area contributed by atoms with E-state index in [1.165, 1.54) is 0 Å². The Balaban J connectivity index is 1.62. The first-order valence-electron chi connectivity index (χ1n) is 10.9. The highest BCUT2D eigenvalue weighted by Gasteiger charge is 2.36. The predicted molar refractivity (Wildman–Crippen MR) is 129 cm³/mol. The Bertz CT molecular complexity index is 1230. The standard InChI is InChI=1S/C26H22Cl2F4N2O/c1-16-12-20(28)7-9-23(16)34-11-10-33(15-24(34)17-2-5-19(27)6-3-17)25(35)13-18-4-8-21(29)14-22(18)26(30,31)32/h2-9,12,14,24H,10-11,13,15H2,1H3. The number of hydrogen-bond donors (Lipinski definition) is 0. The normalized spacial score (nSPS) is 16.5. The van der Waals surface area contributed by atoms with Gasteiger partial charge in [-0.2, -0.15) is 13.2 Å². The van der Waals surface area contributed by atoms with Gasteiger partial charge in [0.1, 0.15) is 5.82 Å². The van der Waals surface area contributed by atoms with Crippen LogP contribution in [0.1, 0.15) is 28.3 Å². The maximum atomic E-state index is 13.5. The smallest absolute Gasteiger partial charge is 0.361 e. The van der Waals surface area contributed by atoms with Crippen LogP contribution in [0.4, 0.5) is 23.2 Å². The minimum absolute atomic E-state index is 0.247. The van der Waals surface area contributed by atoms with E-state index in [1.54, 1.807) is 23.1 Å². The van der Waals surface area contributed by atoms with Gasteiger partial charge in [0.15, 0.2) is 0 Å². The fraction of sp³-hybridized carbons (Fsp3) is 0.269. The van der Waals surface area contributed by atoms with Crippen LogP contribution >= 0.6 is 23.2 Å². The average molecular weight is 525 g/mol. The number of carbonyl (C=O) groups is 1. The number of piperazine rings is 1. The molecule has 35 heavy (non-hydrogen) atoms. The summed E-state index contributed by atoms with van der Waals surface area (Å²) < 4.78 is 53.8. The SMILES string of the molecule is Cc1cc(Cl)ccc1N1CCN(C(=O)Cc2ccc(F)cc2C(F)(F)F)CC1c1ccc(Cl)cc1. The van der Waals surface area contributed by atoms with Crippen molar-refractivity contribution in [3.05, 3.63) is 98.8 Å². The van der Waals surface area contributed by atoms with Gasteiger partial charge >= 0.3 is 6.18 Å². The summed E-state index contributed by atoms with van der Waals surface area (Å²) in [5.74, 6) is -1.45. The van der Waals surface area contributed by atoms with E-state index < -0.39 is 29.9 Å². The van der Waals surface area contributed by atoms with Crippen LogP contribution in [0, 0.1) is 12.7 Å². The first-order chi connectivity index (χ1) is 16.5. The zero-order valence-corrected chi connectivity index (χ0v) is 20.3. The summed E-state index contributed by atoms with van der Waals surface area (Å²) in [7, 11) is 0. The topological polar surface area (TPSA) is 23.6 Å². The number of benzene rings is 3. The third kappa shape index (κ3) is 5.73. The molecule has 1 amide bonds. The number of rotatable bonds is 4. The van der Waals surface area contributed by atoms with Gasteiger partial charge in [-0.05, 0) is 66.1 Å². The van der Waals surface area contributed by atoms with Crippen LogP contribution in [0.5, 0.6) is 0 Å². The number of alkyl halides is 3. The van der Waals surface area contributed by atoms with Crippen LogP contribution < -0.4 is 4.90 Å². The summed E-state index contributed by atoms with van der Waals surface area (Å²) in [6, 6.07) is 15.0. The van der Waals surface area contributed by atoms with Crippen LogP contribution in [-0.4, -0.2) is 30.4 Å². The maximum absolute atomic E-state index is 13.5. The average Bonchev–Trinajstić information content (AvgIpc) is 2.80. The molecule has 1 heterocycles. The molecule has 1 aliphatic rings. The van der Waals surface area contributed by atoms with Crippen molar-refractivity contribution in [1.29, 1.82) is 0 Å². The molecule has 1 fully saturated rings. The first kappa shape index (κ1) is 25.3. The van der Waals surface area contributed by atoms with Gasteiger partial charge in [-0.15, -0.1) is 0 Å². The maximum Gasteiger partial charge on any atom is 0.416 e. The third-order valence-corrected chi connectivity index (χ3v) is 6.66. The van der Waals surface area contributed by atoms with Crippen LogP contribution in [0.3, 0.4) is 0 Å². The molecule has 3 aromatic carbocycles. The van der Waals surface area contributed by atoms with E-state index >= 15 is 0 Å². The Morgan fingerprint density at radius 3 is 2.31 bits per heavy atom. The van der Waals surface area contributed by atoms with Gasteiger partial charge in [0.25, 0.3) is 0 Å². The summed E-state index contributed by atoms with van der Waals surface area (Å²) in [6.07, 6.45) is -5.23. The van der Waals surface area contributed by atoms with Crippen molar-refractivity contribution >= 4 is 34.8 Å². The van der Waals surface area contributed by atoms with E-state index in [0.717, 1.165) is 28.9 Å². The molecule has 0 aromatic heterocycles. The fourth-order valence-corrected chi connectivity index (χ4v) is 4.80. The molecule has 0 N–H and O–H groups in total. The van der Waals surface area contributed by atoms with E-state index in [4.69, 9.17) is 23.2 Å². The molecule has 1 aliphatic heterocycles. The molecule has 0 bridgehead atoms. The van der Waals surface area contributed by atoms with Crippen LogP contribution in [0.25, 0.3) is 0 Å². The minimum Gasteiger partial charge on any atom is -0.361 e. The van der Waals surface area contributed by atoms with E-state index in [2.05, 4.69) is 4.90 Å². The second-order valence-electron chi connectivity index (χ2n) is 8.51. The highest BCUT2D eigenvalue weighted by Crippen LogP contribution is 2.36. The molecule has 9 heteroatoms. The third-order valence-electron chi connectivity index (χ3n) is 6.18. The van der Waals surface area contributed by atoms with Crippen molar-refractivity contribution in [3.8, 4) is 0 Å². The number of amides is 1. The molecule has 1 saturated heterocycles. The monoisotopic (exact) mass is 524 g/mol. The molecule has 0 spiro atoms. The van der Waals surface area contributed by atoms with Gasteiger partial charge in [0, 0.05) is 35.4 Å². The van der Waals surface area contributed by atoms with Gasteiger partial charge in [0.2, 0.25) is 5.91 Å². The second-order valence-corrected chi connectivity index (χ2v) is 9.38. The van der Waals surface area contributed by atoms with Crippen LogP contribution in [0.2, 0.25) is 10.0 Å². The lowest BCUT2D eigenvalue weighted by Gasteiger charge is -2.43. The van der Waals surface area contributed by atoms with Crippen molar-refractivity contribution in [2.45, 2.75) is 25.6 Å². The lowest BCUT2D eigenvalue weighted by molar-refractivity contribution is -0.139. The molecule has 184 valence electrons. The quantitative estimate of drug-likeness (QED) is 0.340. The molecule has 0 aliphatic carbocycles. The highest BCUT2D eigenvalue weighted by atomic mass is 35.5. The van der Waals surface area contributed by atoms with Crippen LogP contribution in [-0.2, 0) is 17.4 Å². The molecular formula is C26H22Cl2F4N2O. The predicted octanol–water partition coefficient (Wildman–Crippen LogP) is 7.09. The number of halogens is 6. The number of carbonyl (C=O) groups excluding carboxylic acids is 1. The molecule has 3 aromatic rings. The van der Waals surface area contributed by atoms with Crippen molar-refractivity contribution in [2.24, 2.45) is 0 Å². The van der Waals surface area contributed by atoms with E-state index in [9.17, 15) is 22.4 Å². The first-order valence-corrected chi connectivity index (χ1v) is 11.7. The molecule has 0 saturated carbocycles. The van der Waals surface area contributed by atoms with Crippen molar-refractivity contribution < 1.29 is 22.4 Å². The van der Waals surface area contributed by atoms with E-state index in [-0.39, 0.29) is 18.2 Å². The lowest BCUT2D eigenvalue weighted by atomic mass is 9.98. The summed E-state index contributed by atoms with van der Waals surface area (Å²) in [5, 5.41) is 1.19. The van der Waals surface area contributed by atoms with Gasteiger partial charge < -0.3 is 9.80 Å². The lowest BCUT2D eigenvalue weighted by Crippen LogP contribution is -2.51. The minimum atomic E-state index is -4.76. The molecule has 0 radical (unpaired) electrons. The summed E-state index contributed by atoms with van der Waals surface area (Å²) in [4.78, 5) is 16.8.